The van der Waals surface area contributed by atoms with Crippen LogP contribution in [0.2, 0.25) is 0 Å². The lowest BCUT2D eigenvalue weighted by molar-refractivity contribution is 0.409. The quantitative estimate of drug-likeness (QED) is 0.491. The van der Waals surface area contributed by atoms with Crippen molar-refractivity contribution in [2.75, 3.05) is 5.88 Å². The van der Waals surface area contributed by atoms with Gasteiger partial charge in [0.05, 0.1) is 6.04 Å². The Morgan fingerprint density at radius 3 is 2.94 bits per heavy atom. The first-order valence-electron chi connectivity index (χ1n) is 5.46. The molecule has 3 N–H and O–H groups in total. The van der Waals surface area contributed by atoms with Gasteiger partial charge in [0.2, 0.25) is 0 Å². The predicted molar refractivity (Wildman–Crippen MR) is 66.2 cm³/mol. The second-order valence-corrected chi connectivity index (χ2v) is 4.24. The molecule has 1 aromatic heterocycles. The van der Waals surface area contributed by atoms with Gasteiger partial charge in [0.15, 0.2) is 11.4 Å². The van der Waals surface area contributed by atoms with E-state index >= 15 is 0 Å². The average Bonchev–Trinajstić information content (AvgIpc) is 2.75. The number of halogens is 2. The third kappa shape index (κ3) is 2.60. The molecule has 1 atom stereocenters. The molecular formula is C12H14ClFN2O. The molecule has 2 rings (SSSR count). The number of furan rings is 1. The lowest BCUT2D eigenvalue weighted by Gasteiger charge is -2.11. The van der Waals surface area contributed by atoms with Crippen LogP contribution in [-0.2, 0) is 0 Å². The van der Waals surface area contributed by atoms with Crippen LogP contribution in [0.3, 0.4) is 0 Å². The molecule has 0 radical (unpaired) electrons. The molecule has 0 spiro atoms. The zero-order valence-electron chi connectivity index (χ0n) is 9.25. The molecule has 2 aromatic rings. The molecule has 5 heteroatoms. The number of hydrogen-bond donors (Lipinski definition) is 2. The highest BCUT2D eigenvalue weighted by Gasteiger charge is 2.16. The summed E-state index contributed by atoms with van der Waals surface area (Å²) in [4.78, 5) is 0. The van der Waals surface area contributed by atoms with E-state index in [1.165, 1.54) is 6.07 Å². The highest BCUT2D eigenvalue weighted by Crippen LogP contribution is 2.27. The van der Waals surface area contributed by atoms with Crippen LogP contribution in [0, 0.1) is 5.82 Å². The number of benzene rings is 1. The summed E-state index contributed by atoms with van der Waals surface area (Å²) in [5.74, 6) is 6.30. The SMILES string of the molecule is NNC(CCCCl)c1cc2cccc(F)c2o1. The summed E-state index contributed by atoms with van der Waals surface area (Å²) < 4.78 is 18.9. The van der Waals surface area contributed by atoms with Crippen LogP contribution in [0.4, 0.5) is 4.39 Å². The van der Waals surface area contributed by atoms with E-state index < -0.39 is 0 Å². The Labute approximate surface area is 104 Å². The van der Waals surface area contributed by atoms with Crippen molar-refractivity contribution < 1.29 is 8.81 Å². The van der Waals surface area contributed by atoms with Crippen molar-refractivity contribution in [3.63, 3.8) is 0 Å². The van der Waals surface area contributed by atoms with E-state index in [9.17, 15) is 4.39 Å². The van der Waals surface area contributed by atoms with Crippen LogP contribution < -0.4 is 11.3 Å². The minimum Gasteiger partial charge on any atom is -0.456 e. The molecule has 1 heterocycles. The lowest BCUT2D eigenvalue weighted by Crippen LogP contribution is -2.27. The van der Waals surface area contributed by atoms with Crippen molar-refractivity contribution in [2.24, 2.45) is 5.84 Å². The van der Waals surface area contributed by atoms with Gasteiger partial charge in [-0.15, -0.1) is 11.6 Å². The Balaban J connectivity index is 2.31. The van der Waals surface area contributed by atoms with Crippen LogP contribution in [0.15, 0.2) is 28.7 Å². The van der Waals surface area contributed by atoms with Crippen LogP contribution in [0.5, 0.6) is 0 Å². The van der Waals surface area contributed by atoms with E-state index in [4.69, 9.17) is 21.9 Å². The molecule has 0 aliphatic rings. The smallest absolute Gasteiger partial charge is 0.169 e. The van der Waals surface area contributed by atoms with Crippen LogP contribution in [0.25, 0.3) is 11.0 Å². The molecule has 0 saturated heterocycles. The molecular weight excluding hydrogens is 243 g/mol. The van der Waals surface area contributed by atoms with Gasteiger partial charge in [-0.05, 0) is 25.0 Å². The number of hydrogen-bond acceptors (Lipinski definition) is 3. The number of nitrogens with one attached hydrogen (secondary N) is 1. The fraction of sp³-hybridized carbons (Fsp3) is 0.333. The van der Waals surface area contributed by atoms with E-state index in [2.05, 4.69) is 5.43 Å². The summed E-state index contributed by atoms with van der Waals surface area (Å²) >= 11 is 5.63. The maximum absolute atomic E-state index is 13.5. The van der Waals surface area contributed by atoms with Crippen molar-refractivity contribution >= 4 is 22.6 Å². The molecule has 0 saturated carbocycles. The Bertz CT molecular complexity index is 500. The number of alkyl halides is 1. The van der Waals surface area contributed by atoms with Gasteiger partial charge in [-0.25, -0.2) is 9.82 Å². The number of nitrogens with two attached hydrogens (primary N) is 1. The molecule has 0 amide bonds. The number of rotatable bonds is 5. The minimum atomic E-state index is -0.359. The maximum Gasteiger partial charge on any atom is 0.169 e. The van der Waals surface area contributed by atoms with Crippen LogP contribution in [-0.4, -0.2) is 5.88 Å². The number of hydrazine groups is 1. The Kier molecular flexibility index (Phi) is 3.99. The summed E-state index contributed by atoms with van der Waals surface area (Å²) in [5, 5.41) is 0.742. The Hall–Kier alpha value is -1.10. The van der Waals surface area contributed by atoms with Gasteiger partial charge >= 0.3 is 0 Å². The van der Waals surface area contributed by atoms with Crippen molar-refractivity contribution in [3.05, 3.63) is 35.8 Å². The number of fused-ring (bicyclic) bond motifs is 1. The molecule has 17 heavy (non-hydrogen) atoms. The molecule has 3 nitrogen and oxygen atoms in total. The fourth-order valence-electron chi connectivity index (χ4n) is 1.81. The van der Waals surface area contributed by atoms with Crippen LogP contribution in [0.1, 0.15) is 24.6 Å². The topological polar surface area (TPSA) is 51.2 Å². The first-order chi connectivity index (χ1) is 8.26. The first-order valence-corrected chi connectivity index (χ1v) is 5.99. The average molecular weight is 257 g/mol. The summed E-state index contributed by atoms with van der Waals surface area (Å²) in [6, 6.07) is 6.50. The zero-order chi connectivity index (χ0) is 12.3. The van der Waals surface area contributed by atoms with Crippen molar-refractivity contribution in [1.82, 2.24) is 5.43 Å². The largest absolute Gasteiger partial charge is 0.456 e. The first kappa shape index (κ1) is 12.4. The highest BCUT2D eigenvalue weighted by atomic mass is 35.5. The van der Waals surface area contributed by atoms with Crippen molar-refractivity contribution in [1.29, 1.82) is 0 Å². The second-order valence-electron chi connectivity index (χ2n) is 3.86. The van der Waals surface area contributed by atoms with Gasteiger partial charge < -0.3 is 4.42 Å². The van der Waals surface area contributed by atoms with E-state index in [1.54, 1.807) is 18.2 Å². The maximum atomic E-state index is 13.5. The molecule has 0 aliphatic heterocycles. The van der Waals surface area contributed by atoms with Crippen molar-refractivity contribution in [2.45, 2.75) is 18.9 Å². The molecule has 1 unspecified atom stereocenters. The standard InChI is InChI=1S/C12H14ClFN2O/c13-6-2-5-10(16-15)11-7-8-3-1-4-9(14)12(8)17-11/h1,3-4,7,10,16H,2,5-6,15H2. The molecule has 0 bridgehead atoms. The lowest BCUT2D eigenvalue weighted by atomic mass is 10.1. The summed E-state index contributed by atoms with van der Waals surface area (Å²) in [6.07, 6.45) is 1.57. The second kappa shape index (κ2) is 5.49. The van der Waals surface area contributed by atoms with Crippen LogP contribution >= 0.6 is 11.6 Å². The fourth-order valence-corrected chi connectivity index (χ4v) is 1.96. The number of para-hydroxylation sites is 1. The van der Waals surface area contributed by atoms with Gasteiger partial charge in [-0.3, -0.25) is 5.84 Å². The van der Waals surface area contributed by atoms with E-state index in [1.807, 2.05) is 0 Å². The third-order valence-electron chi connectivity index (χ3n) is 2.69. The molecule has 0 fully saturated rings. The molecule has 0 aliphatic carbocycles. The van der Waals surface area contributed by atoms with Gasteiger partial charge in [-0.2, -0.15) is 0 Å². The minimum absolute atomic E-state index is 0.138. The normalized spacial score (nSPS) is 13.1. The Morgan fingerprint density at radius 2 is 2.29 bits per heavy atom. The van der Waals surface area contributed by atoms with Gasteiger partial charge in [0.1, 0.15) is 5.76 Å². The van der Waals surface area contributed by atoms with E-state index in [0.717, 1.165) is 18.2 Å². The summed E-state index contributed by atoms with van der Waals surface area (Å²) in [6.45, 7) is 0. The van der Waals surface area contributed by atoms with E-state index in [-0.39, 0.29) is 17.4 Å². The molecule has 1 aromatic carbocycles. The summed E-state index contributed by atoms with van der Waals surface area (Å²) in [5.41, 5.74) is 2.93. The Morgan fingerprint density at radius 1 is 1.47 bits per heavy atom. The molecule has 92 valence electrons. The summed E-state index contributed by atoms with van der Waals surface area (Å²) in [7, 11) is 0. The predicted octanol–water partition coefficient (Wildman–Crippen LogP) is 3.10. The van der Waals surface area contributed by atoms with Gasteiger partial charge in [0, 0.05) is 11.3 Å². The monoisotopic (exact) mass is 256 g/mol. The highest BCUT2D eigenvalue weighted by molar-refractivity contribution is 6.17. The van der Waals surface area contributed by atoms with Gasteiger partial charge in [0.25, 0.3) is 0 Å². The van der Waals surface area contributed by atoms with Gasteiger partial charge in [-0.1, -0.05) is 12.1 Å². The third-order valence-corrected chi connectivity index (χ3v) is 2.95. The van der Waals surface area contributed by atoms with E-state index in [0.29, 0.717) is 11.6 Å². The van der Waals surface area contributed by atoms with Crippen molar-refractivity contribution in [3.8, 4) is 0 Å². The zero-order valence-corrected chi connectivity index (χ0v) is 10.0.